The Balaban J connectivity index is 5.21. The Bertz CT molecular complexity index is 1620. The van der Waals surface area contributed by atoms with Crippen molar-refractivity contribution < 1.29 is 80.2 Å². The van der Waals surface area contributed by atoms with Gasteiger partial charge in [0, 0.05) is 25.7 Å². The fraction of sp³-hybridized carbons (Fsp3) is 0.937. The van der Waals surface area contributed by atoms with Crippen LogP contribution in [0.4, 0.5) is 0 Å². The minimum absolute atomic E-state index is 0.102. The van der Waals surface area contributed by atoms with Crippen LogP contribution in [0.3, 0.4) is 0 Å². The first-order chi connectivity index (χ1) is 39.4. The largest absolute Gasteiger partial charge is 0.472 e. The number of phosphoric acid groups is 2. The molecule has 0 aromatic rings. The molecule has 0 aromatic heterocycles. The number of hydrogen-bond donors (Lipinski definition) is 3. The molecule has 2 unspecified atom stereocenters. The highest BCUT2D eigenvalue weighted by atomic mass is 31.2. The van der Waals surface area contributed by atoms with Crippen molar-refractivity contribution in [3.05, 3.63) is 0 Å². The van der Waals surface area contributed by atoms with Crippen LogP contribution < -0.4 is 0 Å². The zero-order valence-corrected chi connectivity index (χ0v) is 54.6. The fourth-order valence-electron chi connectivity index (χ4n) is 9.35. The van der Waals surface area contributed by atoms with Crippen molar-refractivity contribution >= 4 is 39.5 Å². The highest BCUT2D eigenvalue weighted by molar-refractivity contribution is 7.47. The first kappa shape index (κ1) is 80.1. The third-order valence-electron chi connectivity index (χ3n) is 14.5. The Morgan fingerprint density at radius 3 is 0.829 bits per heavy atom. The minimum atomic E-state index is -4.94. The van der Waals surface area contributed by atoms with E-state index in [0.29, 0.717) is 31.6 Å². The zero-order valence-electron chi connectivity index (χ0n) is 52.8. The lowest BCUT2D eigenvalue weighted by Crippen LogP contribution is -2.30. The monoisotopic (exact) mass is 1210 g/mol. The van der Waals surface area contributed by atoms with E-state index in [9.17, 15) is 43.2 Å². The van der Waals surface area contributed by atoms with Crippen LogP contribution >= 0.6 is 15.6 Å². The summed E-state index contributed by atoms with van der Waals surface area (Å²) >= 11 is 0. The molecule has 0 aliphatic carbocycles. The van der Waals surface area contributed by atoms with E-state index >= 15 is 0 Å². The molecule has 0 saturated heterocycles. The van der Waals surface area contributed by atoms with Crippen molar-refractivity contribution in [1.29, 1.82) is 0 Å². The van der Waals surface area contributed by atoms with E-state index in [1.807, 2.05) is 0 Å². The maximum atomic E-state index is 13.0. The zero-order chi connectivity index (χ0) is 60.8. The summed E-state index contributed by atoms with van der Waals surface area (Å²) in [7, 11) is -9.88. The number of aliphatic hydroxyl groups is 1. The Morgan fingerprint density at radius 1 is 0.329 bits per heavy atom. The molecule has 486 valence electrons. The van der Waals surface area contributed by atoms with E-state index in [2.05, 4.69) is 41.5 Å². The number of hydrogen-bond acceptors (Lipinski definition) is 15. The second-order valence-electron chi connectivity index (χ2n) is 23.7. The van der Waals surface area contributed by atoms with Gasteiger partial charge in [0.1, 0.15) is 19.3 Å². The van der Waals surface area contributed by atoms with Gasteiger partial charge < -0.3 is 33.8 Å². The topological polar surface area (TPSA) is 237 Å². The van der Waals surface area contributed by atoms with Crippen molar-refractivity contribution in [2.75, 3.05) is 39.6 Å². The maximum absolute atomic E-state index is 13.0. The average molecular weight is 1210 g/mol. The van der Waals surface area contributed by atoms with Crippen LogP contribution in [-0.2, 0) is 65.4 Å². The maximum Gasteiger partial charge on any atom is 0.472 e. The van der Waals surface area contributed by atoms with Crippen molar-refractivity contribution in [2.24, 2.45) is 11.8 Å². The molecule has 0 bridgehead atoms. The number of esters is 4. The summed E-state index contributed by atoms with van der Waals surface area (Å²) in [6.45, 7) is 9.36. The Morgan fingerprint density at radius 2 is 0.561 bits per heavy atom. The highest BCUT2D eigenvalue weighted by Gasteiger charge is 2.30. The van der Waals surface area contributed by atoms with Crippen LogP contribution in [0.25, 0.3) is 0 Å². The van der Waals surface area contributed by atoms with Gasteiger partial charge in [0.15, 0.2) is 12.2 Å². The molecule has 0 aromatic carbocycles. The predicted octanol–water partition coefficient (Wildman–Crippen LogP) is 17.3. The third-order valence-corrected chi connectivity index (χ3v) is 16.4. The Hall–Kier alpha value is -1.94. The lowest BCUT2D eigenvalue weighted by molar-refractivity contribution is -0.161. The average Bonchev–Trinajstić information content (AvgIpc) is 3.45. The van der Waals surface area contributed by atoms with Gasteiger partial charge in [-0.05, 0) is 37.5 Å². The molecule has 0 rings (SSSR count). The molecule has 3 N–H and O–H groups in total. The number of unbranched alkanes of at least 4 members (excludes halogenated alkanes) is 32. The van der Waals surface area contributed by atoms with Gasteiger partial charge in [0.2, 0.25) is 0 Å². The number of carbonyl (C=O) groups excluding carboxylic acids is 4. The molecule has 0 radical (unpaired) electrons. The molecule has 19 heteroatoms. The van der Waals surface area contributed by atoms with Crippen LogP contribution in [0.2, 0.25) is 0 Å². The summed E-state index contributed by atoms with van der Waals surface area (Å²) in [5, 5.41) is 10.5. The van der Waals surface area contributed by atoms with Crippen molar-refractivity contribution in [3.63, 3.8) is 0 Å². The highest BCUT2D eigenvalue weighted by Crippen LogP contribution is 2.45. The quantitative estimate of drug-likeness (QED) is 0.0222. The van der Waals surface area contributed by atoms with Gasteiger partial charge in [0.05, 0.1) is 26.4 Å². The smallest absolute Gasteiger partial charge is 0.462 e. The standard InChI is InChI=1S/C63H122O17P2/c1-7-9-11-13-15-16-17-20-23-27-34-40-46-61(66)74-52-58(79-62(67)47-41-35-28-24-21-18-19-22-26-31-37-43-55(3)4)53-77-81(69,70)75-49-57(64)50-76-82(71,72)78-54-59(51-73-60(65)45-39-33-25-14-12-10-8-2)80-63(68)48-42-36-30-29-32-38-44-56(5)6/h55-59,64H,7-54H2,1-6H3,(H,69,70)(H,71,72)/t57-,58-,59-/m1/s1. The van der Waals surface area contributed by atoms with Crippen LogP contribution in [0.5, 0.6) is 0 Å². The van der Waals surface area contributed by atoms with Crippen LogP contribution in [0, 0.1) is 11.8 Å². The van der Waals surface area contributed by atoms with Crippen molar-refractivity contribution in [2.45, 2.75) is 330 Å². The normalized spacial score (nSPS) is 14.3. The second kappa shape index (κ2) is 55.6. The molecule has 0 saturated carbocycles. The minimum Gasteiger partial charge on any atom is -0.462 e. The SMILES string of the molecule is CCCCCCCCCCCCCCC(=O)OC[C@H](COP(=O)(O)OC[C@@H](O)COP(=O)(O)OC[C@@H](COC(=O)CCCCCCCCC)OC(=O)CCCCCCCCC(C)C)OC(=O)CCCCCCCCCCCCCC(C)C. The molecule has 0 spiro atoms. The van der Waals surface area contributed by atoms with Crippen LogP contribution in [0.15, 0.2) is 0 Å². The van der Waals surface area contributed by atoms with Gasteiger partial charge in [-0.25, -0.2) is 9.13 Å². The number of phosphoric ester groups is 2. The molecule has 0 aliphatic rings. The molecule has 0 heterocycles. The molecule has 0 fully saturated rings. The van der Waals surface area contributed by atoms with E-state index in [1.165, 1.54) is 116 Å². The summed E-state index contributed by atoms with van der Waals surface area (Å²) in [6, 6.07) is 0. The lowest BCUT2D eigenvalue weighted by atomic mass is 10.0. The Kier molecular flexibility index (Phi) is 54.3. The first-order valence-corrected chi connectivity index (χ1v) is 36.0. The summed E-state index contributed by atoms with van der Waals surface area (Å²) in [6.07, 6.45) is 37.8. The van der Waals surface area contributed by atoms with Gasteiger partial charge in [-0.3, -0.25) is 37.3 Å². The lowest BCUT2D eigenvalue weighted by Gasteiger charge is -2.21. The summed E-state index contributed by atoms with van der Waals surface area (Å²) in [5.41, 5.74) is 0. The molecular weight excluding hydrogens is 1090 g/mol. The summed E-state index contributed by atoms with van der Waals surface area (Å²) in [5.74, 6) is -0.707. The van der Waals surface area contributed by atoms with E-state index in [-0.39, 0.29) is 25.7 Å². The van der Waals surface area contributed by atoms with Crippen LogP contribution in [0.1, 0.15) is 311 Å². The second-order valence-corrected chi connectivity index (χ2v) is 26.7. The van der Waals surface area contributed by atoms with E-state index in [1.54, 1.807) is 0 Å². The predicted molar refractivity (Wildman–Crippen MR) is 326 cm³/mol. The van der Waals surface area contributed by atoms with Crippen molar-refractivity contribution in [1.82, 2.24) is 0 Å². The van der Waals surface area contributed by atoms with Crippen LogP contribution in [-0.4, -0.2) is 96.7 Å². The first-order valence-electron chi connectivity index (χ1n) is 33.0. The number of carbonyl (C=O) groups is 4. The number of rotatable bonds is 62. The molecule has 82 heavy (non-hydrogen) atoms. The Labute approximate surface area is 498 Å². The van der Waals surface area contributed by atoms with Gasteiger partial charge in [-0.2, -0.15) is 0 Å². The molecule has 5 atom stereocenters. The summed E-state index contributed by atoms with van der Waals surface area (Å²) < 4.78 is 67.8. The van der Waals surface area contributed by atoms with Gasteiger partial charge in [-0.1, -0.05) is 260 Å². The molecule has 0 aliphatic heterocycles. The molecular formula is C63H122O17P2. The number of ether oxygens (including phenoxy) is 4. The van der Waals surface area contributed by atoms with E-state index < -0.39 is 97.5 Å². The summed E-state index contributed by atoms with van der Waals surface area (Å²) in [4.78, 5) is 72.0. The van der Waals surface area contributed by atoms with E-state index in [0.717, 1.165) is 109 Å². The van der Waals surface area contributed by atoms with Crippen molar-refractivity contribution in [3.8, 4) is 0 Å². The fourth-order valence-corrected chi connectivity index (χ4v) is 10.9. The van der Waals surface area contributed by atoms with Gasteiger partial charge in [0.25, 0.3) is 0 Å². The molecule has 0 amide bonds. The number of aliphatic hydroxyl groups excluding tert-OH is 1. The van der Waals surface area contributed by atoms with Gasteiger partial charge >= 0.3 is 39.5 Å². The van der Waals surface area contributed by atoms with E-state index in [4.69, 9.17) is 37.0 Å². The van der Waals surface area contributed by atoms with Gasteiger partial charge in [-0.15, -0.1) is 0 Å². The third kappa shape index (κ3) is 57.2. The molecule has 17 nitrogen and oxygen atoms in total.